The van der Waals surface area contributed by atoms with E-state index in [9.17, 15) is 13.2 Å². The number of thiophene rings is 1. The molecule has 30 heavy (non-hydrogen) atoms. The first-order chi connectivity index (χ1) is 14.3. The van der Waals surface area contributed by atoms with Gasteiger partial charge in [-0.1, -0.05) is 6.07 Å². The minimum absolute atomic E-state index is 0.0561. The number of nitrogens with zero attached hydrogens (tertiary/aromatic N) is 4. The van der Waals surface area contributed by atoms with Gasteiger partial charge in [0.1, 0.15) is 0 Å². The molecular weight excluding hydrogens is 420 g/mol. The van der Waals surface area contributed by atoms with Crippen molar-refractivity contribution in [3.8, 4) is 0 Å². The number of aryl methyl sites for hydroxylation is 1. The first-order valence-corrected chi connectivity index (χ1v) is 12.9. The van der Waals surface area contributed by atoms with Crippen LogP contribution >= 0.6 is 11.3 Å². The maximum atomic E-state index is 13.4. The summed E-state index contributed by atoms with van der Waals surface area (Å²) in [5, 5.41) is 7.41. The summed E-state index contributed by atoms with van der Waals surface area (Å²) in [5.41, 5.74) is 2.90. The van der Waals surface area contributed by atoms with Crippen LogP contribution in [0.1, 0.15) is 57.8 Å². The molecule has 4 heterocycles. The summed E-state index contributed by atoms with van der Waals surface area (Å²) in [7, 11) is -1.23. The molecule has 0 aromatic carbocycles. The number of carbonyl (C=O) groups is 1. The highest BCUT2D eigenvalue weighted by Crippen LogP contribution is 2.41. The molecule has 0 radical (unpaired) electrons. The zero-order valence-corrected chi connectivity index (χ0v) is 18.7. The molecule has 1 aliphatic carbocycles. The van der Waals surface area contributed by atoms with Crippen molar-refractivity contribution in [2.45, 2.75) is 44.7 Å². The summed E-state index contributed by atoms with van der Waals surface area (Å²) in [6.07, 6.45) is 2.68. The number of carbonyl (C=O) groups excluding carboxylic acids is 1. The largest absolute Gasteiger partial charge is 0.337 e. The highest BCUT2D eigenvalue weighted by molar-refractivity contribution is 7.91. The molecule has 1 aliphatic heterocycles. The molecule has 9 heteroatoms. The van der Waals surface area contributed by atoms with Crippen LogP contribution in [-0.2, 0) is 16.4 Å². The van der Waals surface area contributed by atoms with Crippen LogP contribution in [0.25, 0.3) is 11.0 Å². The van der Waals surface area contributed by atoms with E-state index in [2.05, 4.69) is 5.10 Å². The molecule has 0 spiro atoms. The molecule has 5 rings (SSSR count). The third-order valence-corrected chi connectivity index (χ3v) is 8.57. The Morgan fingerprint density at radius 1 is 1.33 bits per heavy atom. The topological polar surface area (TPSA) is 85.2 Å². The van der Waals surface area contributed by atoms with Crippen molar-refractivity contribution < 1.29 is 13.2 Å². The van der Waals surface area contributed by atoms with E-state index < -0.39 is 9.84 Å². The molecule has 0 unspecified atom stereocenters. The lowest BCUT2D eigenvalue weighted by Crippen LogP contribution is -2.26. The summed E-state index contributed by atoms with van der Waals surface area (Å²) in [4.78, 5) is 21.2. The smallest absolute Gasteiger partial charge is 0.254 e. The van der Waals surface area contributed by atoms with Crippen molar-refractivity contribution >= 4 is 38.1 Å². The zero-order chi connectivity index (χ0) is 21.0. The van der Waals surface area contributed by atoms with E-state index in [4.69, 9.17) is 4.98 Å². The van der Waals surface area contributed by atoms with Gasteiger partial charge in [0.05, 0.1) is 40.7 Å². The molecule has 3 aromatic rings. The van der Waals surface area contributed by atoms with Crippen molar-refractivity contribution in [1.82, 2.24) is 19.7 Å². The summed E-state index contributed by atoms with van der Waals surface area (Å²) in [5.74, 6) is 0.578. The molecule has 1 amide bonds. The van der Waals surface area contributed by atoms with Crippen molar-refractivity contribution in [2.24, 2.45) is 0 Å². The number of amides is 1. The quantitative estimate of drug-likeness (QED) is 0.603. The predicted octanol–water partition coefficient (Wildman–Crippen LogP) is 3.31. The van der Waals surface area contributed by atoms with Crippen LogP contribution in [-0.4, -0.2) is 52.5 Å². The number of aromatic nitrogens is 3. The van der Waals surface area contributed by atoms with E-state index in [1.807, 2.05) is 37.6 Å². The van der Waals surface area contributed by atoms with E-state index >= 15 is 0 Å². The standard InChI is InChI=1S/C21H24N4O3S2/c1-13-19-17(21(26)24(2)11-16-4-3-8-29-16)10-18(14-5-6-14)22-20(19)25(23-13)15-7-9-30(27,28)12-15/h3-4,8,10,14-15H,5-7,9,11-12H2,1-2H3/t15-/m1/s1. The Morgan fingerprint density at radius 3 is 2.77 bits per heavy atom. The van der Waals surface area contributed by atoms with Crippen molar-refractivity contribution in [3.05, 3.63) is 45.4 Å². The Morgan fingerprint density at radius 2 is 2.13 bits per heavy atom. The molecule has 0 N–H and O–H groups in total. The van der Waals surface area contributed by atoms with E-state index in [1.165, 1.54) is 0 Å². The molecule has 1 saturated carbocycles. The lowest BCUT2D eigenvalue weighted by atomic mass is 10.1. The molecule has 0 bridgehead atoms. The third kappa shape index (κ3) is 3.54. The fourth-order valence-corrected chi connectivity index (χ4v) is 6.68. The lowest BCUT2D eigenvalue weighted by Gasteiger charge is -2.18. The van der Waals surface area contributed by atoms with Gasteiger partial charge < -0.3 is 4.90 Å². The maximum absolute atomic E-state index is 13.4. The molecule has 2 aliphatic rings. The van der Waals surface area contributed by atoms with Gasteiger partial charge >= 0.3 is 0 Å². The second-order valence-corrected chi connectivity index (χ2v) is 11.7. The molecule has 2 fully saturated rings. The van der Waals surface area contributed by atoms with E-state index in [-0.39, 0.29) is 23.5 Å². The average molecular weight is 445 g/mol. The maximum Gasteiger partial charge on any atom is 0.254 e. The van der Waals surface area contributed by atoms with Gasteiger partial charge in [0.15, 0.2) is 15.5 Å². The molecule has 1 atom stereocenters. The highest BCUT2D eigenvalue weighted by atomic mass is 32.2. The first kappa shape index (κ1) is 19.7. The molecular formula is C21H24N4O3S2. The van der Waals surface area contributed by atoms with Gasteiger partial charge in [0.2, 0.25) is 0 Å². The summed E-state index contributed by atoms with van der Waals surface area (Å²) >= 11 is 1.63. The average Bonchev–Trinajstić information content (AvgIpc) is 3.17. The number of pyridine rings is 1. The van der Waals surface area contributed by atoms with Crippen LogP contribution in [0.2, 0.25) is 0 Å². The SMILES string of the molecule is Cc1nn([C@@H]2CCS(=O)(=O)C2)c2nc(C3CC3)cc(C(=O)N(C)Cc3cccs3)c12. The highest BCUT2D eigenvalue weighted by Gasteiger charge is 2.34. The van der Waals surface area contributed by atoms with Crippen molar-refractivity contribution in [3.63, 3.8) is 0 Å². The number of hydrogen-bond donors (Lipinski definition) is 0. The van der Waals surface area contributed by atoms with E-state index in [1.54, 1.807) is 20.9 Å². The van der Waals surface area contributed by atoms with Gasteiger partial charge in [0, 0.05) is 23.5 Å². The van der Waals surface area contributed by atoms with Crippen LogP contribution in [0.5, 0.6) is 0 Å². The van der Waals surface area contributed by atoms with Crippen LogP contribution in [0.4, 0.5) is 0 Å². The van der Waals surface area contributed by atoms with Crippen LogP contribution in [0.3, 0.4) is 0 Å². The second kappa shape index (κ2) is 7.16. The second-order valence-electron chi connectivity index (χ2n) is 8.39. The van der Waals surface area contributed by atoms with Gasteiger partial charge in [-0.2, -0.15) is 5.10 Å². The van der Waals surface area contributed by atoms with Crippen LogP contribution in [0, 0.1) is 6.92 Å². The minimum atomic E-state index is -3.05. The molecule has 1 saturated heterocycles. The van der Waals surface area contributed by atoms with Gasteiger partial charge in [-0.05, 0) is 43.7 Å². The summed E-state index contributed by atoms with van der Waals surface area (Å²) in [6, 6.07) is 5.71. The van der Waals surface area contributed by atoms with E-state index in [0.717, 1.165) is 34.5 Å². The lowest BCUT2D eigenvalue weighted by molar-refractivity contribution is 0.0788. The third-order valence-electron chi connectivity index (χ3n) is 5.96. The number of sulfone groups is 1. The molecule has 3 aromatic heterocycles. The van der Waals surface area contributed by atoms with Gasteiger partial charge in [-0.3, -0.25) is 4.79 Å². The van der Waals surface area contributed by atoms with Crippen LogP contribution in [0.15, 0.2) is 23.6 Å². The Hall–Kier alpha value is -2.26. The molecule has 7 nitrogen and oxygen atoms in total. The number of rotatable bonds is 5. The van der Waals surface area contributed by atoms with Crippen molar-refractivity contribution in [1.29, 1.82) is 0 Å². The van der Waals surface area contributed by atoms with Crippen LogP contribution < -0.4 is 0 Å². The normalized spacial score (nSPS) is 20.7. The van der Waals surface area contributed by atoms with Gasteiger partial charge in [-0.25, -0.2) is 18.1 Å². The zero-order valence-electron chi connectivity index (χ0n) is 17.0. The fourth-order valence-electron chi connectivity index (χ4n) is 4.23. The summed E-state index contributed by atoms with van der Waals surface area (Å²) < 4.78 is 25.8. The Labute approximate surface area is 179 Å². The van der Waals surface area contributed by atoms with Gasteiger partial charge in [0.25, 0.3) is 5.91 Å². The fraction of sp³-hybridized carbons (Fsp3) is 0.476. The minimum Gasteiger partial charge on any atom is -0.337 e. The summed E-state index contributed by atoms with van der Waals surface area (Å²) in [6.45, 7) is 2.42. The number of fused-ring (bicyclic) bond motifs is 1. The Kier molecular flexibility index (Phi) is 4.70. The predicted molar refractivity (Wildman–Crippen MR) is 117 cm³/mol. The Balaban J connectivity index is 1.60. The van der Waals surface area contributed by atoms with E-state index in [0.29, 0.717) is 30.1 Å². The Bertz CT molecular complexity index is 1230. The van der Waals surface area contributed by atoms with Crippen molar-refractivity contribution in [2.75, 3.05) is 18.6 Å². The molecule has 158 valence electrons. The van der Waals surface area contributed by atoms with Gasteiger partial charge in [-0.15, -0.1) is 11.3 Å². The monoisotopic (exact) mass is 444 g/mol. The number of hydrogen-bond acceptors (Lipinski definition) is 6. The first-order valence-electron chi connectivity index (χ1n) is 10.2.